The van der Waals surface area contributed by atoms with Gasteiger partial charge < -0.3 is 15.6 Å². The van der Waals surface area contributed by atoms with Gasteiger partial charge in [-0.2, -0.15) is 0 Å². The number of nitrogens with two attached hydrogens (primary N) is 1. The minimum Gasteiger partial charge on any atom is -0.398 e. The van der Waals surface area contributed by atoms with Gasteiger partial charge in [0.15, 0.2) is 0 Å². The Labute approximate surface area is 123 Å². The maximum Gasteiger partial charge on any atom is 0.244 e. The SMILES string of the molecule is Cc1ccc(NC(=O)Cn2ccc3c(N)cccc32)cc1. The van der Waals surface area contributed by atoms with Crippen LogP contribution in [0.25, 0.3) is 10.9 Å². The van der Waals surface area contributed by atoms with Gasteiger partial charge in [-0.05, 0) is 37.3 Å². The summed E-state index contributed by atoms with van der Waals surface area (Å²) in [5.41, 5.74) is 9.59. The van der Waals surface area contributed by atoms with Crippen molar-refractivity contribution in [3.63, 3.8) is 0 Å². The van der Waals surface area contributed by atoms with Crippen molar-refractivity contribution in [3.05, 3.63) is 60.3 Å². The number of nitrogens with zero attached hydrogens (tertiary/aromatic N) is 1. The molecule has 0 bridgehead atoms. The third kappa shape index (κ3) is 2.74. The standard InChI is InChI=1S/C17H17N3O/c1-12-5-7-13(8-6-12)19-17(21)11-20-10-9-14-15(18)3-2-4-16(14)20/h2-10H,11,18H2,1H3,(H,19,21). The van der Waals surface area contributed by atoms with Crippen LogP contribution in [-0.2, 0) is 11.3 Å². The van der Waals surface area contributed by atoms with Crippen molar-refractivity contribution in [2.45, 2.75) is 13.5 Å². The molecule has 0 aliphatic heterocycles. The Bertz CT molecular complexity index is 787. The second-order valence-electron chi connectivity index (χ2n) is 5.14. The van der Waals surface area contributed by atoms with Gasteiger partial charge in [0.25, 0.3) is 0 Å². The fourth-order valence-corrected chi connectivity index (χ4v) is 2.38. The van der Waals surface area contributed by atoms with Gasteiger partial charge in [-0.1, -0.05) is 23.8 Å². The number of benzene rings is 2. The molecule has 1 amide bonds. The molecule has 1 heterocycles. The molecule has 0 atom stereocenters. The monoisotopic (exact) mass is 279 g/mol. The number of aryl methyl sites for hydroxylation is 1. The summed E-state index contributed by atoms with van der Waals surface area (Å²) in [6.07, 6.45) is 1.88. The van der Waals surface area contributed by atoms with Crippen LogP contribution >= 0.6 is 0 Å². The third-order valence-corrected chi connectivity index (χ3v) is 3.50. The van der Waals surface area contributed by atoms with E-state index in [1.165, 1.54) is 5.56 Å². The number of amides is 1. The lowest BCUT2D eigenvalue weighted by Crippen LogP contribution is -2.18. The number of anilines is 2. The summed E-state index contributed by atoms with van der Waals surface area (Å²) in [7, 11) is 0. The lowest BCUT2D eigenvalue weighted by atomic mass is 10.2. The Morgan fingerprint density at radius 1 is 1.14 bits per heavy atom. The molecule has 3 aromatic rings. The summed E-state index contributed by atoms with van der Waals surface area (Å²) in [6.45, 7) is 2.28. The van der Waals surface area contributed by atoms with Crippen molar-refractivity contribution < 1.29 is 4.79 Å². The summed E-state index contributed by atoms with van der Waals surface area (Å²) >= 11 is 0. The molecule has 0 saturated heterocycles. The predicted octanol–water partition coefficient (Wildman–Crippen LogP) is 3.17. The van der Waals surface area contributed by atoms with Crippen molar-refractivity contribution >= 4 is 28.2 Å². The van der Waals surface area contributed by atoms with E-state index in [0.29, 0.717) is 0 Å². The molecule has 1 aromatic heterocycles. The summed E-state index contributed by atoms with van der Waals surface area (Å²) in [6, 6.07) is 15.4. The molecule has 0 unspecified atom stereocenters. The first-order chi connectivity index (χ1) is 10.1. The molecular formula is C17H17N3O. The first-order valence-electron chi connectivity index (χ1n) is 6.83. The zero-order valence-electron chi connectivity index (χ0n) is 11.8. The quantitative estimate of drug-likeness (QED) is 0.723. The molecule has 0 aliphatic carbocycles. The molecule has 0 radical (unpaired) electrons. The maximum atomic E-state index is 12.1. The smallest absolute Gasteiger partial charge is 0.244 e. The molecule has 2 aromatic carbocycles. The number of rotatable bonds is 3. The van der Waals surface area contributed by atoms with Crippen molar-refractivity contribution in [3.8, 4) is 0 Å². The van der Waals surface area contributed by atoms with Crippen LogP contribution in [0.3, 0.4) is 0 Å². The van der Waals surface area contributed by atoms with E-state index in [0.717, 1.165) is 22.3 Å². The lowest BCUT2D eigenvalue weighted by molar-refractivity contribution is -0.116. The number of carbonyl (C=O) groups is 1. The highest BCUT2D eigenvalue weighted by molar-refractivity contribution is 5.94. The van der Waals surface area contributed by atoms with E-state index >= 15 is 0 Å². The van der Waals surface area contributed by atoms with E-state index in [1.54, 1.807) is 0 Å². The molecule has 4 nitrogen and oxygen atoms in total. The highest BCUT2D eigenvalue weighted by Crippen LogP contribution is 2.21. The van der Waals surface area contributed by atoms with Gasteiger partial charge in [-0.25, -0.2) is 0 Å². The number of hydrogen-bond donors (Lipinski definition) is 2. The van der Waals surface area contributed by atoms with Crippen LogP contribution in [0.15, 0.2) is 54.7 Å². The topological polar surface area (TPSA) is 60.0 Å². The molecular weight excluding hydrogens is 262 g/mol. The van der Waals surface area contributed by atoms with E-state index in [1.807, 2.05) is 66.2 Å². The van der Waals surface area contributed by atoms with E-state index < -0.39 is 0 Å². The highest BCUT2D eigenvalue weighted by atomic mass is 16.1. The van der Waals surface area contributed by atoms with E-state index in [2.05, 4.69) is 5.32 Å². The van der Waals surface area contributed by atoms with Gasteiger partial charge in [-0.15, -0.1) is 0 Å². The van der Waals surface area contributed by atoms with Gasteiger partial charge in [0.1, 0.15) is 6.54 Å². The fourth-order valence-electron chi connectivity index (χ4n) is 2.38. The van der Waals surface area contributed by atoms with Crippen LogP contribution in [0.2, 0.25) is 0 Å². The van der Waals surface area contributed by atoms with Crippen molar-refractivity contribution in [2.75, 3.05) is 11.1 Å². The van der Waals surface area contributed by atoms with Crippen LogP contribution < -0.4 is 11.1 Å². The molecule has 0 saturated carbocycles. The zero-order valence-corrected chi connectivity index (χ0v) is 11.8. The van der Waals surface area contributed by atoms with Gasteiger partial charge >= 0.3 is 0 Å². The van der Waals surface area contributed by atoms with Crippen LogP contribution in [-0.4, -0.2) is 10.5 Å². The largest absolute Gasteiger partial charge is 0.398 e. The minimum atomic E-state index is -0.0567. The number of hydrogen-bond acceptors (Lipinski definition) is 2. The Balaban J connectivity index is 1.77. The second-order valence-corrected chi connectivity index (χ2v) is 5.14. The van der Waals surface area contributed by atoms with Gasteiger partial charge in [0, 0.05) is 23.0 Å². The number of fused-ring (bicyclic) bond motifs is 1. The molecule has 0 aliphatic rings. The van der Waals surface area contributed by atoms with Crippen LogP contribution in [0, 0.1) is 6.92 Å². The molecule has 3 rings (SSSR count). The lowest BCUT2D eigenvalue weighted by Gasteiger charge is -2.08. The highest BCUT2D eigenvalue weighted by Gasteiger charge is 2.07. The Kier molecular flexibility index (Phi) is 3.36. The summed E-state index contributed by atoms with van der Waals surface area (Å²) in [5.74, 6) is -0.0567. The second kappa shape index (κ2) is 5.32. The number of nitrogens with one attached hydrogen (secondary N) is 1. The summed E-state index contributed by atoms with van der Waals surface area (Å²) < 4.78 is 1.90. The zero-order chi connectivity index (χ0) is 14.8. The Morgan fingerprint density at radius 3 is 2.67 bits per heavy atom. The number of carbonyl (C=O) groups excluding carboxylic acids is 1. The minimum absolute atomic E-state index is 0.0567. The molecule has 4 heteroatoms. The number of nitrogen functional groups attached to an aromatic ring is 1. The molecule has 0 fully saturated rings. The predicted molar refractivity (Wildman–Crippen MR) is 86.2 cm³/mol. The van der Waals surface area contributed by atoms with Crippen LogP contribution in [0.1, 0.15) is 5.56 Å². The van der Waals surface area contributed by atoms with Crippen LogP contribution in [0.4, 0.5) is 11.4 Å². The van der Waals surface area contributed by atoms with E-state index in [9.17, 15) is 4.79 Å². The van der Waals surface area contributed by atoms with Crippen LogP contribution in [0.5, 0.6) is 0 Å². The maximum absolute atomic E-state index is 12.1. The summed E-state index contributed by atoms with van der Waals surface area (Å²) in [4.78, 5) is 12.1. The Hall–Kier alpha value is -2.75. The first kappa shape index (κ1) is 13.2. The van der Waals surface area contributed by atoms with Gasteiger partial charge in [0.05, 0.1) is 5.52 Å². The van der Waals surface area contributed by atoms with Gasteiger partial charge in [-0.3, -0.25) is 4.79 Å². The molecule has 21 heavy (non-hydrogen) atoms. The van der Waals surface area contributed by atoms with E-state index in [4.69, 9.17) is 5.73 Å². The average molecular weight is 279 g/mol. The molecule has 0 spiro atoms. The number of aromatic nitrogens is 1. The normalized spacial score (nSPS) is 10.7. The van der Waals surface area contributed by atoms with Crippen molar-refractivity contribution in [2.24, 2.45) is 0 Å². The van der Waals surface area contributed by atoms with E-state index in [-0.39, 0.29) is 12.5 Å². The molecule has 3 N–H and O–H groups in total. The van der Waals surface area contributed by atoms with Gasteiger partial charge in [0.2, 0.25) is 5.91 Å². The fraction of sp³-hybridized carbons (Fsp3) is 0.118. The van der Waals surface area contributed by atoms with Crippen molar-refractivity contribution in [1.29, 1.82) is 0 Å². The third-order valence-electron chi connectivity index (χ3n) is 3.50. The Morgan fingerprint density at radius 2 is 1.90 bits per heavy atom. The summed E-state index contributed by atoms with van der Waals surface area (Å²) in [5, 5.41) is 3.87. The molecule has 106 valence electrons. The first-order valence-corrected chi connectivity index (χ1v) is 6.83. The average Bonchev–Trinajstić information content (AvgIpc) is 2.86. The van der Waals surface area contributed by atoms with Crippen molar-refractivity contribution in [1.82, 2.24) is 4.57 Å².